The maximum absolute atomic E-state index is 13.6. The van der Waals surface area contributed by atoms with Gasteiger partial charge in [0.2, 0.25) is 0 Å². The van der Waals surface area contributed by atoms with E-state index in [1.807, 2.05) is 49.4 Å². The van der Waals surface area contributed by atoms with Crippen molar-refractivity contribution in [1.29, 1.82) is 0 Å². The quantitative estimate of drug-likeness (QED) is 0.162. The van der Waals surface area contributed by atoms with E-state index in [0.29, 0.717) is 54.9 Å². The van der Waals surface area contributed by atoms with Crippen LogP contribution in [-0.2, 0) is 6.61 Å². The minimum atomic E-state index is -0.332. The molecule has 0 saturated carbocycles. The van der Waals surface area contributed by atoms with E-state index in [9.17, 15) is 9.18 Å². The van der Waals surface area contributed by atoms with Gasteiger partial charge in [0.1, 0.15) is 12.4 Å². The third-order valence-corrected chi connectivity index (χ3v) is 7.97. The number of halogens is 3. The molecule has 0 atom stereocenters. The molecule has 0 radical (unpaired) electrons. The molecule has 0 spiro atoms. The summed E-state index contributed by atoms with van der Waals surface area (Å²) in [5.41, 5.74) is 2.39. The second kappa shape index (κ2) is 11.9. The van der Waals surface area contributed by atoms with Crippen LogP contribution >= 0.6 is 31.9 Å². The molecule has 4 aromatic carbocycles. The lowest BCUT2D eigenvalue weighted by Gasteiger charge is -2.16. The molecule has 5 rings (SSSR count). The molecule has 0 amide bonds. The Balaban J connectivity index is 1.57. The lowest BCUT2D eigenvalue weighted by atomic mass is 10.2. The normalized spacial score (nSPS) is 11.3. The van der Waals surface area contributed by atoms with Crippen molar-refractivity contribution in [3.63, 3.8) is 0 Å². The number of benzene rings is 4. The summed E-state index contributed by atoms with van der Waals surface area (Å²) in [4.78, 5) is 18.2. The standard InChI is InChI=1S/C30H22Br2FN3O3/c1-2-38-25-16-21(26(31)27(32)28(25)39-18-19-9-8-12-22(33)15-19)17-34-36-29(20-10-4-3-5-11-20)35-24-14-7-6-13-23(24)30(36)37/h3-17H,2,18H2,1H3. The molecule has 1 heterocycles. The van der Waals surface area contributed by atoms with E-state index in [1.54, 1.807) is 36.5 Å². The van der Waals surface area contributed by atoms with Gasteiger partial charge < -0.3 is 9.47 Å². The maximum atomic E-state index is 13.6. The van der Waals surface area contributed by atoms with E-state index in [0.717, 1.165) is 5.56 Å². The average Bonchev–Trinajstić information content (AvgIpc) is 2.95. The Hall–Kier alpha value is -3.82. The van der Waals surface area contributed by atoms with Gasteiger partial charge in [-0.3, -0.25) is 4.79 Å². The summed E-state index contributed by atoms with van der Waals surface area (Å²) in [7, 11) is 0. The summed E-state index contributed by atoms with van der Waals surface area (Å²) in [6.07, 6.45) is 1.57. The lowest BCUT2D eigenvalue weighted by molar-refractivity contribution is 0.267. The summed E-state index contributed by atoms with van der Waals surface area (Å²) in [6.45, 7) is 2.41. The van der Waals surface area contributed by atoms with Crippen LogP contribution in [0.1, 0.15) is 18.1 Å². The van der Waals surface area contributed by atoms with Crippen molar-refractivity contribution in [2.45, 2.75) is 13.5 Å². The van der Waals surface area contributed by atoms with Gasteiger partial charge >= 0.3 is 0 Å². The molecule has 0 aliphatic heterocycles. The van der Waals surface area contributed by atoms with Gasteiger partial charge in [-0.05, 0) is 74.7 Å². The molecule has 39 heavy (non-hydrogen) atoms. The van der Waals surface area contributed by atoms with Crippen LogP contribution in [0.2, 0.25) is 0 Å². The van der Waals surface area contributed by atoms with Crippen molar-refractivity contribution in [3.8, 4) is 22.9 Å². The van der Waals surface area contributed by atoms with Crippen LogP contribution in [0.3, 0.4) is 0 Å². The van der Waals surface area contributed by atoms with Gasteiger partial charge in [0, 0.05) is 15.6 Å². The minimum absolute atomic E-state index is 0.148. The van der Waals surface area contributed by atoms with Crippen molar-refractivity contribution in [1.82, 2.24) is 9.66 Å². The highest BCUT2D eigenvalue weighted by Crippen LogP contribution is 2.43. The van der Waals surface area contributed by atoms with Crippen LogP contribution in [0.25, 0.3) is 22.3 Å². The Morgan fingerprint density at radius 1 is 0.949 bits per heavy atom. The van der Waals surface area contributed by atoms with E-state index in [4.69, 9.17) is 14.5 Å². The molecule has 0 fully saturated rings. The first-order valence-electron chi connectivity index (χ1n) is 12.1. The Morgan fingerprint density at radius 3 is 2.49 bits per heavy atom. The summed E-state index contributed by atoms with van der Waals surface area (Å²) in [5.74, 6) is 1.02. The molecule has 0 saturated heterocycles. The first-order valence-corrected chi connectivity index (χ1v) is 13.7. The molecule has 0 N–H and O–H groups in total. The van der Waals surface area contributed by atoms with Gasteiger partial charge in [0.05, 0.1) is 28.2 Å². The molecule has 6 nitrogen and oxygen atoms in total. The highest BCUT2D eigenvalue weighted by atomic mass is 79.9. The number of hydrogen-bond donors (Lipinski definition) is 0. The number of hydrogen-bond acceptors (Lipinski definition) is 5. The molecule has 0 aliphatic carbocycles. The fourth-order valence-electron chi connectivity index (χ4n) is 4.00. The second-order valence-electron chi connectivity index (χ2n) is 8.45. The smallest absolute Gasteiger partial charge is 0.282 e. The van der Waals surface area contributed by atoms with Gasteiger partial charge in [0.15, 0.2) is 17.3 Å². The number of rotatable bonds is 8. The number of nitrogens with zero attached hydrogens (tertiary/aromatic N) is 3. The highest BCUT2D eigenvalue weighted by molar-refractivity contribution is 9.13. The summed E-state index contributed by atoms with van der Waals surface area (Å²) in [6, 6.07) is 24.6. The molecule has 1 aromatic heterocycles. The number of fused-ring (bicyclic) bond motifs is 1. The first-order chi connectivity index (χ1) is 19.0. The van der Waals surface area contributed by atoms with E-state index >= 15 is 0 Å². The van der Waals surface area contributed by atoms with E-state index in [-0.39, 0.29) is 18.0 Å². The Kier molecular flexibility index (Phi) is 8.18. The molecule has 0 aliphatic rings. The number of ether oxygens (including phenoxy) is 2. The predicted octanol–water partition coefficient (Wildman–Crippen LogP) is 7.59. The lowest BCUT2D eigenvalue weighted by Crippen LogP contribution is -2.20. The van der Waals surface area contributed by atoms with Crippen molar-refractivity contribution in [2.24, 2.45) is 5.10 Å². The third-order valence-electron chi connectivity index (χ3n) is 5.83. The van der Waals surface area contributed by atoms with E-state index < -0.39 is 0 Å². The zero-order valence-electron chi connectivity index (χ0n) is 20.8. The SMILES string of the molecule is CCOc1cc(C=Nn2c(-c3ccccc3)nc3ccccc3c2=O)c(Br)c(Br)c1OCc1cccc(F)c1. The van der Waals surface area contributed by atoms with E-state index in [2.05, 4.69) is 37.0 Å². The van der Waals surface area contributed by atoms with Crippen LogP contribution in [0.15, 0.2) is 104 Å². The van der Waals surface area contributed by atoms with Crippen molar-refractivity contribution in [2.75, 3.05) is 6.61 Å². The van der Waals surface area contributed by atoms with Crippen LogP contribution in [0.4, 0.5) is 4.39 Å². The van der Waals surface area contributed by atoms with Crippen molar-refractivity contribution in [3.05, 3.63) is 121 Å². The topological polar surface area (TPSA) is 65.7 Å². The zero-order valence-corrected chi connectivity index (χ0v) is 23.9. The van der Waals surface area contributed by atoms with Gasteiger partial charge in [-0.1, -0.05) is 54.6 Å². The minimum Gasteiger partial charge on any atom is -0.490 e. The first kappa shape index (κ1) is 26.8. The Bertz CT molecular complexity index is 1740. The fraction of sp³-hybridized carbons (Fsp3) is 0.100. The number of aromatic nitrogens is 2. The molecule has 9 heteroatoms. The highest BCUT2D eigenvalue weighted by Gasteiger charge is 2.18. The van der Waals surface area contributed by atoms with E-state index in [1.165, 1.54) is 16.8 Å². The average molecular weight is 651 g/mol. The van der Waals surface area contributed by atoms with Crippen LogP contribution < -0.4 is 15.0 Å². The molecule has 5 aromatic rings. The Labute approximate surface area is 241 Å². The molecule has 0 bridgehead atoms. The molecular formula is C30H22Br2FN3O3. The van der Waals surface area contributed by atoms with Crippen molar-refractivity contribution < 1.29 is 13.9 Å². The summed E-state index contributed by atoms with van der Waals surface area (Å²) < 4.78 is 28.1. The Morgan fingerprint density at radius 2 is 1.72 bits per heavy atom. The second-order valence-corrected chi connectivity index (χ2v) is 10.0. The van der Waals surface area contributed by atoms with Crippen LogP contribution in [0, 0.1) is 5.82 Å². The zero-order chi connectivity index (χ0) is 27.4. The van der Waals surface area contributed by atoms with Gasteiger partial charge in [-0.25, -0.2) is 9.37 Å². The maximum Gasteiger partial charge on any atom is 0.282 e. The van der Waals surface area contributed by atoms with Crippen LogP contribution in [0.5, 0.6) is 11.5 Å². The predicted molar refractivity (Wildman–Crippen MR) is 158 cm³/mol. The largest absolute Gasteiger partial charge is 0.490 e. The summed E-state index contributed by atoms with van der Waals surface area (Å²) in [5, 5.41) is 5.03. The van der Waals surface area contributed by atoms with Gasteiger partial charge in [0.25, 0.3) is 5.56 Å². The number of para-hydroxylation sites is 1. The third kappa shape index (κ3) is 5.79. The van der Waals surface area contributed by atoms with Gasteiger partial charge in [-0.15, -0.1) is 0 Å². The molecule has 0 unspecified atom stereocenters. The monoisotopic (exact) mass is 649 g/mol. The van der Waals surface area contributed by atoms with Gasteiger partial charge in [-0.2, -0.15) is 9.78 Å². The fourth-order valence-corrected chi connectivity index (χ4v) is 4.94. The van der Waals surface area contributed by atoms with Crippen molar-refractivity contribution >= 4 is 49.0 Å². The molecule has 196 valence electrons. The van der Waals surface area contributed by atoms with Crippen LogP contribution in [-0.4, -0.2) is 22.5 Å². The summed E-state index contributed by atoms with van der Waals surface area (Å²) >= 11 is 7.21. The molecular weight excluding hydrogens is 629 g/mol.